The van der Waals surface area contributed by atoms with E-state index in [1.165, 1.54) is 0 Å². The minimum absolute atomic E-state index is 0.147. The number of carboxylic acids is 1. The van der Waals surface area contributed by atoms with Crippen LogP contribution in [-0.4, -0.2) is 28.3 Å². The predicted octanol–water partition coefficient (Wildman–Crippen LogP) is 3.16. The van der Waals surface area contributed by atoms with E-state index >= 15 is 0 Å². The zero-order chi connectivity index (χ0) is 15.7. The van der Waals surface area contributed by atoms with Gasteiger partial charge in [-0.1, -0.05) is 12.1 Å². The second kappa shape index (κ2) is 5.48. The van der Waals surface area contributed by atoms with Crippen LogP contribution < -0.4 is 4.74 Å². The van der Waals surface area contributed by atoms with Crippen LogP contribution in [0.15, 0.2) is 34.9 Å². The van der Waals surface area contributed by atoms with E-state index in [1.54, 1.807) is 25.3 Å². The van der Waals surface area contributed by atoms with E-state index in [4.69, 9.17) is 9.26 Å². The van der Waals surface area contributed by atoms with Gasteiger partial charge < -0.3 is 14.4 Å². The molecule has 0 spiro atoms. The lowest BCUT2D eigenvalue weighted by Gasteiger charge is -2.05. The van der Waals surface area contributed by atoms with Gasteiger partial charge >= 0.3 is 5.97 Å². The molecule has 2 aromatic heterocycles. The first kappa shape index (κ1) is 14.1. The van der Waals surface area contributed by atoms with Gasteiger partial charge in [-0.2, -0.15) is 0 Å². The molecule has 0 unspecified atom stereocenters. The third kappa shape index (κ3) is 2.28. The number of benzene rings is 1. The molecule has 0 aliphatic rings. The number of carboxylic acid groups (broad SMARTS) is 1. The Morgan fingerprint density at radius 2 is 2.05 bits per heavy atom. The highest BCUT2D eigenvalue weighted by atomic mass is 16.5. The van der Waals surface area contributed by atoms with E-state index in [-0.39, 0.29) is 11.3 Å². The maximum Gasteiger partial charge on any atom is 0.336 e. The summed E-state index contributed by atoms with van der Waals surface area (Å²) in [5, 5.41) is 13.8. The van der Waals surface area contributed by atoms with Crippen molar-refractivity contribution in [1.29, 1.82) is 0 Å². The highest BCUT2D eigenvalue weighted by Crippen LogP contribution is 2.28. The van der Waals surface area contributed by atoms with Crippen LogP contribution in [-0.2, 0) is 6.42 Å². The van der Waals surface area contributed by atoms with Crippen molar-refractivity contribution < 1.29 is 19.2 Å². The maximum absolute atomic E-state index is 11.5. The van der Waals surface area contributed by atoms with Crippen molar-refractivity contribution >= 4 is 17.1 Å². The zero-order valence-corrected chi connectivity index (χ0v) is 12.2. The minimum atomic E-state index is -1.03. The fourth-order valence-corrected chi connectivity index (χ4v) is 2.33. The SMILES string of the molecule is CCc1noc2nc(-c3ccc(OC)cc3)cc(C(=O)O)c12. The molecular weight excluding hydrogens is 284 g/mol. The van der Waals surface area contributed by atoms with Crippen molar-refractivity contribution in [3.8, 4) is 17.0 Å². The van der Waals surface area contributed by atoms with Crippen molar-refractivity contribution in [3.63, 3.8) is 0 Å². The Hall–Kier alpha value is -2.89. The van der Waals surface area contributed by atoms with Crippen molar-refractivity contribution in [2.75, 3.05) is 7.11 Å². The van der Waals surface area contributed by atoms with Crippen LogP contribution in [0.5, 0.6) is 5.75 Å². The first-order valence-electron chi connectivity index (χ1n) is 6.81. The van der Waals surface area contributed by atoms with Crippen LogP contribution >= 0.6 is 0 Å². The average Bonchev–Trinajstić information content (AvgIpc) is 2.97. The number of pyridine rings is 1. The van der Waals surface area contributed by atoms with Gasteiger partial charge in [-0.05, 0) is 36.8 Å². The molecule has 1 N–H and O–H groups in total. The number of hydrogen-bond donors (Lipinski definition) is 1. The first-order valence-corrected chi connectivity index (χ1v) is 6.81. The number of methoxy groups -OCH3 is 1. The molecule has 0 saturated heterocycles. The fourth-order valence-electron chi connectivity index (χ4n) is 2.33. The van der Waals surface area contributed by atoms with Crippen LogP contribution in [0.4, 0.5) is 0 Å². The van der Waals surface area contributed by atoms with Crippen molar-refractivity contribution in [3.05, 3.63) is 41.6 Å². The highest BCUT2D eigenvalue weighted by molar-refractivity contribution is 6.03. The lowest BCUT2D eigenvalue weighted by molar-refractivity contribution is 0.0699. The summed E-state index contributed by atoms with van der Waals surface area (Å²) in [7, 11) is 1.59. The maximum atomic E-state index is 11.5. The summed E-state index contributed by atoms with van der Waals surface area (Å²) in [6, 6.07) is 8.76. The van der Waals surface area contributed by atoms with Gasteiger partial charge in [0.25, 0.3) is 5.71 Å². The molecule has 6 nitrogen and oxygen atoms in total. The van der Waals surface area contributed by atoms with E-state index in [0.717, 1.165) is 11.3 Å². The summed E-state index contributed by atoms with van der Waals surface area (Å²) < 4.78 is 10.3. The predicted molar refractivity (Wildman–Crippen MR) is 80.1 cm³/mol. The molecule has 0 saturated carbocycles. The van der Waals surface area contributed by atoms with Gasteiger partial charge in [-0.15, -0.1) is 0 Å². The Bertz CT molecular complexity index is 837. The topological polar surface area (TPSA) is 85.5 Å². The molecule has 112 valence electrons. The Labute approximate surface area is 126 Å². The second-order valence-electron chi connectivity index (χ2n) is 4.75. The van der Waals surface area contributed by atoms with Crippen LogP contribution in [0.3, 0.4) is 0 Å². The molecule has 0 aliphatic heterocycles. The number of fused-ring (bicyclic) bond motifs is 1. The lowest BCUT2D eigenvalue weighted by atomic mass is 10.0. The normalized spacial score (nSPS) is 10.8. The number of carbonyl (C=O) groups is 1. The second-order valence-corrected chi connectivity index (χ2v) is 4.75. The van der Waals surface area contributed by atoms with Gasteiger partial charge in [0.1, 0.15) is 5.75 Å². The number of aryl methyl sites for hydroxylation is 1. The average molecular weight is 298 g/mol. The smallest absolute Gasteiger partial charge is 0.336 e. The molecule has 1 aromatic carbocycles. The molecule has 0 bridgehead atoms. The van der Waals surface area contributed by atoms with E-state index in [0.29, 0.717) is 23.2 Å². The van der Waals surface area contributed by atoms with Gasteiger partial charge in [0.05, 0.1) is 29.4 Å². The summed E-state index contributed by atoms with van der Waals surface area (Å²) in [6.07, 6.45) is 0.580. The summed E-state index contributed by atoms with van der Waals surface area (Å²) in [6.45, 7) is 1.89. The Morgan fingerprint density at radius 3 is 2.64 bits per heavy atom. The summed E-state index contributed by atoms with van der Waals surface area (Å²) in [5.74, 6) is -0.309. The third-order valence-corrected chi connectivity index (χ3v) is 3.47. The Morgan fingerprint density at radius 1 is 1.32 bits per heavy atom. The van der Waals surface area contributed by atoms with Gasteiger partial charge in [-0.3, -0.25) is 0 Å². The number of ether oxygens (including phenoxy) is 1. The number of rotatable bonds is 4. The van der Waals surface area contributed by atoms with E-state index in [1.807, 2.05) is 19.1 Å². The molecule has 6 heteroatoms. The number of hydrogen-bond acceptors (Lipinski definition) is 5. The van der Waals surface area contributed by atoms with E-state index < -0.39 is 5.97 Å². The standard InChI is InChI=1S/C16H14N2O4/c1-3-12-14-11(16(19)20)8-13(17-15(14)22-18-12)9-4-6-10(21-2)7-5-9/h4-8H,3H2,1-2H3,(H,19,20). The summed E-state index contributed by atoms with van der Waals surface area (Å²) >= 11 is 0. The van der Waals surface area contributed by atoms with Gasteiger partial charge in [-0.25, -0.2) is 9.78 Å². The van der Waals surface area contributed by atoms with Crippen LogP contribution in [0, 0.1) is 0 Å². The summed E-state index contributed by atoms with van der Waals surface area (Å²) in [5.41, 5.74) is 2.28. The van der Waals surface area contributed by atoms with Crippen molar-refractivity contribution in [2.45, 2.75) is 13.3 Å². The Balaban J connectivity index is 2.20. The van der Waals surface area contributed by atoms with Crippen molar-refractivity contribution in [1.82, 2.24) is 10.1 Å². The molecule has 0 radical (unpaired) electrons. The molecule has 22 heavy (non-hydrogen) atoms. The van der Waals surface area contributed by atoms with E-state index in [9.17, 15) is 9.90 Å². The van der Waals surface area contributed by atoms with Crippen LogP contribution in [0.2, 0.25) is 0 Å². The number of nitrogens with zero attached hydrogens (tertiary/aromatic N) is 2. The first-order chi connectivity index (χ1) is 10.6. The molecule has 2 heterocycles. The van der Waals surface area contributed by atoms with Gasteiger partial charge in [0.15, 0.2) is 0 Å². The summed E-state index contributed by atoms with van der Waals surface area (Å²) in [4.78, 5) is 15.9. The monoisotopic (exact) mass is 298 g/mol. The molecule has 0 aliphatic carbocycles. The van der Waals surface area contributed by atoms with Crippen LogP contribution in [0.1, 0.15) is 23.0 Å². The molecule has 3 aromatic rings. The molecule has 3 rings (SSSR count). The molecule has 0 fully saturated rings. The minimum Gasteiger partial charge on any atom is -0.497 e. The van der Waals surface area contributed by atoms with Crippen molar-refractivity contribution in [2.24, 2.45) is 0 Å². The van der Waals surface area contributed by atoms with Gasteiger partial charge in [0, 0.05) is 5.56 Å². The third-order valence-electron chi connectivity index (χ3n) is 3.47. The number of aromatic carboxylic acids is 1. The quantitative estimate of drug-likeness (QED) is 0.796. The Kier molecular flexibility index (Phi) is 3.50. The van der Waals surface area contributed by atoms with Gasteiger partial charge in [0.2, 0.25) is 0 Å². The fraction of sp³-hybridized carbons (Fsp3) is 0.188. The van der Waals surface area contributed by atoms with Crippen LogP contribution in [0.25, 0.3) is 22.4 Å². The molecule has 0 atom stereocenters. The molecular formula is C16H14N2O4. The molecule has 0 amide bonds. The highest BCUT2D eigenvalue weighted by Gasteiger charge is 2.19. The van der Waals surface area contributed by atoms with E-state index in [2.05, 4.69) is 10.1 Å². The largest absolute Gasteiger partial charge is 0.497 e. The zero-order valence-electron chi connectivity index (χ0n) is 12.2. The lowest BCUT2D eigenvalue weighted by Crippen LogP contribution is -2.00. The number of aromatic nitrogens is 2.